The van der Waals surface area contributed by atoms with Crippen molar-refractivity contribution in [1.29, 1.82) is 0 Å². The molecule has 2 aromatic carbocycles. The second-order valence-electron chi connectivity index (χ2n) is 11.4. The van der Waals surface area contributed by atoms with Crippen molar-refractivity contribution in [2.24, 2.45) is 0 Å². The Morgan fingerprint density at radius 3 is 1.25 bits per heavy atom. The molecule has 7 rings (SSSR count). The van der Waals surface area contributed by atoms with Crippen LogP contribution in [0.5, 0.6) is 0 Å². The standard InChI is InChI=1S/C34H30N6/c1-33(2)29-19-11-17-25(35-29)28-22-32(38-40(28)24-15-9-6-10-16-24)34(3,4)30-20-12-18-26(36-30)27-21-31(33)37-39(27)23-13-7-5-8-14-23/h5-22H,1-4H3. The molecule has 0 unspecified atom stereocenters. The summed E-state index contributed by atoms with van der Waals surface area (Å²) in [5.74, 6) is 0. The van der Waals surface area contributed by atoms with Gasteiger partial charge in [-0.05, 0) is 88.4 Å². The van der Waals surface area contributed by atoms with Gasteiger partial charge in [-0.2, -0.15) is 10.2 Å². The third-order valence-electron chi connectivity index (χ3n) is 8.00. The van der Waals surface area contributed by atoms with Crippen LogP contribution in [0, 0.1) is 0 Å². The lowest BCUT2D eigenvalue weighted by molar-refractivity contribution is 0.583. The van der Waals surface area contributed by atoms with Crippen LogP contribution >= 0.6 is 0 Å². The molecule has 6 aromatic rings. The first kappa shape index (κ1) is 24.2. The lowest BCUT2D eigenvalue weighted by atomic mass is 9.83. The highest BCUT2D eigenvalue weighted by Gasteiger charge is 2.33. The van der Waals surface area contributed by atoms with Crippen molar-refractivity contribution < 1.29 is 0 Å². The second-order valence-corrected chi connectivity index (χ2v) is 11.4. The van der Waals surface area contributed by atoms with Gasteiger partial charge in [-0.15, -0.1) is 0 Å². The zero-order chi connectivity index (χ0) is 27.5. The summed E-state index contributed by atoms with van der Waals surface area (Å²) in [6, 6.07) is 37.3. The molecule has 0 amide bonds. The molecule has 0 saturated heterocycles. The minimum atomic E-state index is -0.466. The largest absolute Gasteiger partial charge is 0.250 e. The molecule has 0 N–H and O–H groups in total. The molecule has 0 saturated carbocycles. The van der Waals surface area contributed by atoms with Gasteiger partial charge in [-0.1, -0.05) is 48.5 Å². The topological polar surface area (TPSA) is 61.4 Å². The van der Waals surface area contributed by atoms with Crippen LogP contribution < -0.4 is 0 Å². The van der Waals surface area contributed by atoms with Crippen LogP contribution in [-0.4, -0.2) is 29.5 Å². The minimum absolute atomic E-state index is 0.466. The van der Waals surface area contributed by atoms with Gasteiger partial charge in [0.15, 0.2) is 0 Å². The van der Waals surface area contributed by atoms with Crippen LogP contribution in [-0.2, 0) is 10.8 Å². The van der Waals surface area contributed by atoms with Crippen LogP contribution in [0.1, 0.15) is 50.5 Å². The van der Waals surface area contributed by atoms with E-state index in [4.69, 9.17) is 20.2 Å². The van der Waals surface area contributed by atoms with E-state index in [1.165, 1.54) is 0 Å². The smallest absolute Gasteiger partial charge is 0.0928 e. The van der Waals surface area contributed by atoms with Gasteiger partial charge in [0.2, 0.25) is 0 Å². The number of hydrogen-bond acceptors (Lipinski definition) is 4. The van der Waals surface area contributed by atoms with Crippen LogP contribution in [0.25, 0.3) is 34.2 Å². The number of fused-ring (bicyclic) bond motifs is 10. The van der Waals surface area contributed by atoms with E-state index in [2.05, 4.69) is 100 Å². The highest BCUT2D eigenvalue weighted by atomic mass is 15.3. The minimum Gasteiger partial charge on any atom is -0.250 e. The summed E-state index contributed by atoms with van der Waals surface area (Å²) < 4.78 is 4.00. The van der Waals surface area contributed by atoms with E-state index in [-0.39, 0.29) is 0 Å². The van der Waals surface area contributed by atoms with Gasteiger partial charge < -0.3 is 0 Å². The number of rotatable bonds is 2. The zero-order valence-electron chi connectivity index (χ0n) is 23.1. The molecular formula is C34H30N6. The maximum Gasteiger partial charge on any atom is 0.0928 e. The lowest BCUT2D eigenvalue weighted by Gasteiger charge is -2.23. The average Bonchev–Trinajstić information content (AvgIpc) is 3.65. The zero-order valence-corrected chi connectivity index (χ0v) is 23.1. The third-order valence-corrected chi connectivity index (χ3v) is 8.00. The SMILES string of the molecule is CC1(C)c2cccc(n2)-c2cc(nn2-c2ccccc2)C(C)(C)c2cccc(n2)-c2cc1nn2-c1ccccc1. The van der Waals surface area contributed by atoms with Crippen molar-refractivity contribution in [1.82, 2.24) is 29.5 Å². The first-order valence-electron chi connectivity index (χ1n) is 13.6. The Hall–Kier alpha value is -4.84. The second kappa shape index (κ2) is 8.85. The van der Waals surface area contributed by atoms with Crippen LogP contribution in [0.2, 0.25) is 0 Å². The molecule has 0 spiro atoms. The fraction of sp³-hybridized carbons (Fsp3) is 0.176. The van der Waals surface area contributed by atoms with E-state index in [0.29, 0.717) is 0 Å². The first-order valence-corrected chi connectivity index (χ1v) is 13.6. The van der Waals surface area contributed by atoms with E-state index < -0.39 is 10.8 Å². The van der Waals surface area contributed by atoms with Gasteiger partial charge in [-0.3, -0.25) is 9.97 Å². The van der Waals surface area contributed by atoms with Crippen LogP contribution in [0.4, 0.5) is 0 Å². The van der Waals surface area contributed by atoms with Gasteiger partial charge >= 0.3 is 0 Å². The van der Waals surface area contributed by atoms with E-state index in [9.17, 15) is 0 Å². The van der Waals surface area contributed by atoms with Crippen molar-refractivity contribution in [3.05, 3.63) is 132 Å². The molecule has 6 heteroatoms. The normalized spacial score (nSPS) is 14.9. The van der Waals surface area contributed by atoms with Crippen LogP contribution in [0.15, 0.2) is 109 Å². The van der Waals surface area contributed by atoms with E-state index in [0.717, 1.165) is 56.9 Å². The van der Waals surface area contributed by atoms with Gasteiger partial charge in [-0.25, -0.2) is 9.36 Å². The Bertz CT molecular complexity index is 1710. The molecular weight excluding hydrogens is 492 g/mol. The summed E-state index contributed by atoms with van der Waals surface area (Å²) in [7, 11) is 0. The third kappa shape index (κ3) is 3.79. The van der Waals surface area contributed by atoms with Crippen molar-refractivity contribution in [3.8, 4) is 34.2 Å². The Morgan fingerprint density at radius 1 is 0.450 bits per heavy atom. The molecule has 1 aliphatic heterocycles. The first-order chi connectivity index (χ1) is 19.3. The van der Waals surface area contributed by atoms with Crippen LogP contribution in [0.3, 0.4) is 0 Å². The van der Waals surface area contributed by atoms with Gasteiger partial charge in [0.25, 0.3) is 0 Å². The fourth-order valence-electron chi connectivity index (χ4n) is 5.38. The predicted molar refractivity (Wildman–Crippen MR) is 158 cm³/mol. The maximum atomic E-state index is 5.23. The Kier molecular flexibility index (Phi) is 5.36. The number of hydrogen-bond donors (Lipinski definition) is 0. The number of pyridine rings is 2. The highest BCUT2D eigenvalue weighted by molar-refractivity contribution is 5.63. The fourth-order valence-corrected chi connectivity index (χ4v) is 5.38. The summed E-state index contributed by atoms with van der Waals surface area (Å²) in [4.78, 5) is 10.5. The molecule has 4 aromatic heterocycles. The molecule has 0 radical (unpaired) electrons. The summed E-state index contributed by atoms with van der Waals surface area (Å²) in [5, 5.41) is 10.3. The number of benzene rings is 2. The van der Waals surface area contributed by atoms with Gasteiger partial charge in [0.05, 0.1) is 67.8 Å². The monoisotopic (exact) mass is 522 g/mol. The molecule has 6 nitrogen and oxygen atoms in total. The lowest BCUT2D eigenvalue weighted by Crippen LogP contribution is -2.22. The summed E-state index contributed by atoms with van der Waals surface area (Å²) in [6.07, 6.45) is 0. The van der Waals surface area contributed by atoms with Crippen molar-refractivity contribution in [3.63, 3.8) is 0 Å². The molecule has 40 heavy (non-hydrogen) atoms. The Morgan fingerprint density at radius 2 is 0.850 bits per heavy atom. The predicted octanol–water partition coefficient (Wildman–Crippen LogP) is 7.15. The van der Waals surface area contributed by atoms with Gasteiger partial charge in [0.1, 0.15) is 0 Å². The quantitative estimate of drug-likeness (QED) is 0.242. The molecule has 0 atom stereocenters. The van der Waals surface area contributed by atoms with Crippen molar-refractivity contribution >= 4 is 0 Å². The highest BCUT2D eigenvalue weighted by Crippen LogP contribution is 2.38. The summed E-state index contributed by atoms with van der Waals surface area (Å²) in [5.41, 5.74) is 8.39. The molecule has 8 bridgehead atoms. The van der Waals surface area contributed by atoms with Gasteiger partial charge in [0, 0.05) is 0 Å². The maximum absolute atomic E-state index is 5.23. The van der Waals surface area contributed by atoms with Crippen molar-refractivity contribution in [2.75, 3.05) is 0 Å². The Balaban J connectivity index is 1.54. The molecule has 5 heterocycles. The molecule has 1 aliphatic rings. The number of nitrogens with zero attached hydrogens (tertiary/aromatic N) is 6. The van der Waals surface area contributed by atoms with Crippen molar-refractivity contribution in [2.45, 2.75) is 38.5 Å². The number of para-hydroxylation sites is 2. The average molecular weight is 523 g/mol. The van der Waals surface area contributed by atoms with E-state index in [1.54, 1.807) is 0 Å². The van der Waals surface area contributed by atoms with E-state index >= 15 is 0 Å². The molecule has 0 fully saturated rings. The summed E-state index contributed by atoms with van der Waals surface area (Å²) >= 11 is 0. The molecule has 196 valence electrons. The van der Waals surface area contributed by atoms with E-state index in [1.807, 2.05) is 45.8 Å². The number of aromatic nitrogens is 6. The summed E-state index contributed by atoms with van der Waals surface area (Å²) in [6.45, 7) is 8.72. The Labute approximate surface area is 234 Å². The molecule has 0 aliphatic carbocycles.